The molecule has 3 aromatic heterocycles. The number of fused-ring (bicyclic) bond motifs is 1. The zero-order valence-corrected chi connectivity index (χ0v) is 16.9. The van der Waals surface area contributed by atoms with E-state index in [1.54, 1.807) is 17.6 Å². The van der Waals surface area contributed by atoms with Gasteiger partial charge in [-0.1, -0.05) is 6.07 Å². The van der Waals surface area contributed by atoms with Crippen LogP contribution in [0.25, 0.3) is 0 Å². The molecular formula is C20H26N6OS. The Bertz CT molecular complexity index is 884. The largest absolute Gasteiger partial charge is 0.469 e. The Balaban J connectivity index is 1.35. The third-order valence-corrected chi connectivity index (χ3v) is 5.69. The number of guanidine groups is 1. The minimum absolute atomic E-state index is 0.296. The van der Waals surface area contributed by atoms with E-state index in [-0.39, 0.29) is 0 Å². The van der Waals surface area contributed by atoms with E-state index in [1.807, 2.05) is 23.7 Å². The Morgan fingerprint density at radius 2 is 2.32 bits per heavy atom. The van der Waals surface area contributed by atoms with Crippen molar-refractivity contribution in [2.75, 3.05) is 13.1 Å². The lowest BCUT2D eigenvalue weighted by Gasteiger charge is -2.25. The van der Waals surface area contributed by atoms with Gasteiger partial charge in [0.15, 0.2) is 5.96 Å². The van der Waals surface area contributed by atoms with E-state index in [0.29, 0.717) is 6.04 Å². The fourth-order valence-corrected chi connectivity index (χ4v) is 4.09. The highest BCUT2D eigenvalue weighted by Gasteiger charge is 2.21. The van der Waals surface area contributed by atoms with Crippen LogP contribution in [-0.2, 0) is 25.8 Å². The van der Waals surface area contributed by atoms with E-state index in [2.05, 4.69) is 38.2 Å². The monoisotopic (exact) mass is 398 g/mol. The number of aliphatic imine (C=N–C) groups is 1. The molecule has 4 rings (SSSR count). The molecule has 1 atom stereocenters. The van der Waals surface area contributed by atoms with E-state index in [4.69, 9.17) is 9.41 Å². The zero-order chi connectivity index (χ0) is 19.2. The predicted octanol–water partition coefficient (Wildman–Crippen LogP) is 2.58. The van der Waals surface area contributed by atoms with E-state index >= 15 is 0 Å². The van der Waals surface area contributed by atoms with Crippen molar-refractivity contribution in [1.82, 2.24) is 25.4 Å². The summed E-state index contributed by atoms with van der Waals surface area (Å²) in [6.07, 6.45) is 5.47. The second-order valence-electron chi connectivity index (χ2n) is 6.95. The van der Waals surface area contributed by atoms with Gasteiger partial charge in [0.05, 0.1) is 12.8 Å². The first kappa shape index (κ1) is 18.7. The number of aromatic nitrogens is 3. The van der Waals surface area contributed by atoms with Gasteiger partial charge in [0.1, 0.15) is 17.4 Å². The van der Waals surface area contributed by atoms with Crippen molar-refractivity contribution < 1.29 is 4.42 Å². The van der Waals surface area contributed by atoms with E-state index in [9.17, 15) is 0 Å². The van der Waals surface area contributed by atoms with Crippen molar-refractivity contribution in [3.8, 4) is 0 Å². The van der Waals surface area contributed by atoms with Crippen LogP contribution in [0, 0.1) is 6.92 Å². The molecule has 1 aliphatic rings. The molecule has 0 saturated heterocycles. The standard InChI is InChI=1S/C20H26N6OS/c1-15-23-19-7-6-16(14-26(19)25-15)24-20(21-10-8-17-4-2-12-27-17)22-11-9-18-5-3-13-28-18/h2-5,12-13,16H,6-11,14H2,1H3,(H2,21,22,24). The van der Waals surface area contributed by atoms with Crippen molar-refractivity contribution in [2.45, 2.75) is 45.2 Å². The third kappa shape index (κ3) is 5.01. The molecular weight excluding hydrogens is 372 g/mol. The molecule has 0 fully saturated rings. The quantitative estimate of drug-likeness (QED) is 0.472. The summed E-state index contributed by atoms with van der Waals surface area (Å²) < 4.78 is 7.44. The Labute approximate surface area is 168 Å². The lowest BCUT2D eigenvalue weighted by Crippen LogP contribution is -2.47. The Morgan fingerprint density at radius 3 is 3.14 bits per heavy atom. The lowest BCUT2D eigenvalue weighted by molar-refractivity contribution is 0.392. The highest BCUT2D eigenvalue weighted by atomic mass is 32.1. The SMILES string of the molecule is Cc1nc2n(n1)CC(NC(=NCCc1cccs1)NCCc1ccco1)CC2. The highest BCUT2D eigenvalue weighted by Crippen LogP contribution is 2.13. The molecule has 0 aliphatic carbocycles. The van der Waals surface area contributed by atoms with Crippen molar-refractivity contribution in [1.29, 1.82) is 0 Å². The minimum Gasteiger partial charge on any atom is -0.469 e. The Morgan fingerprint density at radius 1 is 1.36 bits per heavy atom. The number of nitrogens with zero attached hydrogens (tertiary/aromatic N) is 4. The van der Waals surface area contributed by atoms with Crippen LogP contribution in [0.4, 0.5) is 0 Å². The number of furan rings is 1. The molecule has 0 aromatic carbocycles. The van der Waals surface area contributed by atoms with Crippen molar-refractivity contribution in [2.24, 2.45) is 4.99 Å². The number of thiophene rings is 1. The van der Waals surface area contributed by atoms with Gasteiger partial charge in [-0.25, -0.2) is 9.67 Å². The van der Waals surface area contributed by atoms with Crippen molar-refractivity contribution in [3.63, 3.8) is 0 Å². The number of nitrogens with one attached hydrogen (secondary N) is 2. The molecule has 7 nitrogen and oxygen atoms in total. The number of aryl methyl sites for hydroxylation is 2. The average Bonchev–Trinajstić information content (AvgIpc) is 3.42. The fraction of sp³-hybridized carbons (Fsp3) is 0.450. The summed E-state index contributed by atoms with van der Waals surface area (Å²) in [5.74, 6) is 3.76. The van der Waals surface area contributed by atoms with Gasteiger partial charge < -0.3 is 15.1 Å². The molecule has 28 heavy (non-hydrogen) atoms. The van der Waals surface area contributed by atoms with E-state index < -0.39 is 0 Å². The summed E-state index contributed by atoms with van der Waals surface area (Å²) in [6.45, 7) is 4.30. The first-order valence-corrected chi connectivity index (χ1v) is 10.6. The summed E-state index contributed by atoms with van der Waals surface area (Å²) in [4.78, 5) is 10.6. The fourth-order valence-electron chi connectivity index (χ4n) is 3.39. The van der Waals surface area contributed by atoms with Gasteiger partial charge in [0.25, 0.3) is 0 Å². The summed E-state index contributed by atoms with van der Waals surface area (Å²) in [5.41, 5.74) is 0. The molecule has 148 valence electrons. The van der Waals surface area contributed by atoms with Gasteiger partial charge in [-0.15, -0.1) is 11.3 Å². The summed E-state index contributed by atoms with van der Waals surface area (Å²) >= 11 is 1.78. The Kier molecular flexibility index (Phi) is 6.06. The Hall–Kier alpha value is -2.61. The maximum absolute atomic E-state index is 5.42. The minimum atomic E-state index is 0.296. The van der Waals surface area contributed by atoms with Crippen LogP contribution in [0.5, 0.6) is 0 Å². The highest BCUT2D eigenvalue weighted by molar-refractivity contribution is 7.09. The van der Waals surface area contributed by atoms with E-state index in [0.717, 1.165) is 68.7 Å². The first-order valence-electron chi connectivity index (χ1n) is 9.76. The van der Waals surface area contributed by atoms with Crippen LogP contribution in [0.3, 0.4) is 0 Å². The molecule has 0 bridgehead atoms. The van der Waals surface area contributed by atoms with Gasteiger partial charge in [-0.2, -0.15) is 5.10 Å². The summed E-state index contributed by atoms with van der Waals surface area (Å²) in [7, 11) is 0. The van der Waals surface area contributed by atoms with Crippen molar-refractivity contribution >= 4 is 17.3 Å². The smallest absolute Gasteiger partial charge is 0.191 e. The molecule has 2 N–H and O–H groups in total. The first-order chi connectivity index (χ1) is 13.8. The maximum atomic E-state index is 5.42. The van der Waals surface area contributed by atoms with Gasteiger partial charge >= 0.3 is 0 Å². The van der Waals surface area contributed by atoms with Crippen LogP contribution in [-0.4, -0.2) is 39.9 Å². The predicted molar refractivity (Wildman–Crippen MR) is 111 cm³/mol. The molecule has 0 amide bonds. The molecule has 0 radical (unpaired) electrons. The summed E-state index contributed by atoms with van der Waals surface area (Å²) in [6, 6.07) is 8.46. The van der Waals surface area contributed by atoms with Crippen LogP contribution in [0.1, 0.15) is 28.7 Å². The van der Waals surface area contributed by atoms with Gasteiger partial charge in [-0.05, 0) is 36.9 Å². The molecule has 8 heteroatoms. The normalized spacial score (nSPS) is 16.8. The maximum Gasteiger partial charge on any atom is 0.191 e. The van der Waals surface area contributed by atoms with Gasteiger partial charge in [0, 0.05) is 43.3 Å². The molecule has 1 aliphatic heterocycles. The molecule has 3 aromatic rings. The molecule has 0 saturated carbocycles. The van der Waals surface area contributed by atoms with Gasteiger partial charge in [0.2, 0.25) is 0 Å². The lowest BCUT2D eigenvalue weighted by atomic mass is 10.1. The second kappa shape index (κ2) is 9.05. The summed E-state index contributed by atoms with van der Waals surface area (Å²) in [5, 5.41) is 13.6. The zero-order valence-electron chi connectivity index (χ0n) is 16.1. The number of rotatable bonds is 7. The van der Waals surface area contributed by atoms with Crippen LogP contribution in [0.15, 0.2) is 45.3 Å². The van der Waals surface area contributed by atoms with Gasteiger partial charge in [-0.3, -0.25) is 4.99 Å². The molecule has 0 spiro atoms. The molecule has 4 heterocycles. The average molecular weight is 399 g/mol. The van der Waals surface area contributed by atoms with Crippen molar-refractivity contribution in [3.05, 3.63) is 58.2 Å². The second-order valence-corrected chi connectivity index (χ2v) is 7.99. The topological polar surface area (TPSA) is 80.3 Å². The number of hydrogen-bond acceptors (Lipinski definition) is 5. The van der Waals surface area contributed by atoms with Crippen LogP contribution in [0.2, 0.25) is 0 Å². The molecule has 1 unspecified atom stereocenters. The number of hydrogen-bond donors (Lipinski definition) is 2. The third-order valence-electron chi connectivity index (χ3n) is 4.76. The van der Waals surface area contributed by atoms with E-state index in [1.165, 1.54) is 4.88 Å². The van der Waals surface area contributed by atoms with Crippen LogP contribution >= 0.6 is 11.3 Å². The van der Waals surface area contributed by atoms with Crippen LogP contribution < -0.4 is 10.6 Å².